The van der Waals surface area contributed by atoms with Crippen molar-refractivity contribution in [3.63, 3.8) is 0 Å². The third-order valence-corrected chi connectivity index (χ3v) is 3.51. The lowest BCUT2D eigenvalue weighted by atomic mass is 10.0. The van der Waals surface area contributed by atoms with Crippen LogP contribution in [0.1, 0.15) is 40.9 Å². The minimum absolute atomic E-state index is 0.0611. The Labute approximate surface area is 130 Å². The zero-order valence-electron chi connectivity index (χ0n) is 12.7. The normalized spacial score (nSPS) is 11.3. The number of nitriles is 1. The average molecular weight is 294 g/mol. The summed E-state index contributed by atoms with van der Waals surface area (Å²) in [6.45, 7) is 2.02. The second-order valence-electron chi connectivity index (χ2n) is 4.90. The molecule has 0 aliphatic heterocycles. The Bertz CT molecular complexity index is 670. The van der Waals surface area contributed by atoms with Crippen molar-refractivity contribution in [2.24, 2.45) is 0 Å². The summed E-state index contributed by atoms with van der Waals surface area (Å²) in [5, 5.41) is 11.8. The van der Waals surface area contributed by atoms with Gasteiger partial charge in [-0.15, -0.1) is 0 Å². The van der Waals surface area contributed by atoms with Gasteiger partial charge in [-0.1, -0.05) is 19.1 Å². The number of nitrogens with zero attached hydrogens (tertiary/aromatic N) is 1. The van der Waals surface area contributed by atoms with Gasteiger partial charge in [0.1, 0.15) is 5.75 Å². The van der Waals surface area contributed by atoms with Crippen LogP contribution in [0.15, 0.2) is 48.5 Å². The van der Waals surface area contributed by atoms with Crippen LogP contribution < -0.4 is 10.1 Å². The Morgan fingerprint density at radius 3 is 2.32 bits per heavy atom. The number of rotatable bonds is 5. The van der Waals surface area contributed by atoms with Crippen LogP contribution in [0.25, 0.3) is 0 Å². The number of methoxy groups -OCH3 is 1. The Kier molecular flexibility index (Phi) is 5.16. The number of benzene rings is 2. The first-order valence-electron chi connectivity index (χ1n) is 7.13. The van der Waals surface area contributed by atoms with Crippen LogP contribution in [0.2, 0.25) is 0 Å². The van der Waals surface area contributed by atoms with E-state index in [2.05, 4.69) is 5.32 Å². The Morgan fingerprint density at radius 1 is 1.18 bits per heavy atom. The lowest BCUT2D eigenvalue weighted by molar-refractivity contribution is 0.0935. The maximum atomic E-state index is 12.3. The van der Waals surface area contributed by atoms with E-state index in [1.807, 2.05) is 37.3 Å². The molecule has 1 amide bonds. The van der Waals surface area contributed by atoms with E-state index in [9.17, 15) is 4.79 Å². The standard InChI is InChI=1S/C18H18N2O2/c1-3-17(14-8-10-16(22-2)11-9-14)20-18(21)15-6-4-13(12-19)5-7-15/h4-11,17H,3H2,1-2H3,(H,20,21)/t17-/m0/s1. The molecular formula is C18H18N2O2. The molecule has 2 aromatic carbocycles. The molecule has 0 bridgehead atoms. The van der Waals surface area contributed by atoms with Gasteiger partial charge in [0.05, 0.1) is 24.8 Å². The Morgan fingerprint density at radius 2 is 1.82 bits per heavy atom. The van der Waals surface area contributed by atoms with Gasteiger partial charge in [-0.3, -0.25) is 4.79 Å². The molecule has 4 heteroatoms. The molecule has 0 saturated heterocycles. The molecule has 22 heavy (non-hydrogen) atoms. The van der Waals surface area contributed by atoms with Crippen molar-refractivity contribution in [2.75, 3.05) is 7.11 Å². The fourth-order valence-electron chi connectivity index (χ4n) is 2.20. The molecule has 112 valence electrons. The first-order chi connectivity index (χ1) is 10.7. The molecule has 0 saturated carbocycles. The number of hydrogen-bond donors (Lipinski definition) is 1. The van der Waals surface area contributed by atoms with Gasteiger partial charge in [-0.2, -0.15) is 5.26 Å². The molecule has 1 atom stereocenters. The van der Waals surface area contributed by atoms with E-state index in [-0.39, 0.29) is 11.9 Å². The highest BCUT2D eigenvalue weighted by atomic mass is 16.5. The fraction of sp³-hybridized carbons (Fsp3) is 0.222. The lowest BCUT2D eigenvalue weighted by Gasteiger charge is -2.18. The van der Waals surface area contributed by atoms with Crippen LogP contribution in [0, 0.1) is 11.3 Å². The summed E-state index contributed by atoms with van der Waals surface area (Å²) in [6.07, 6.45) is 0.786. The molecular weight excluding hydrogens is 276 g/mol. The van der Waals surface area contributed by atoms with Crippen molar-refractivity contribution in [1.82, 2.24) is 5.32 Å². The number of nitrogens with one attached hydrogen (secondary N) is 1. The van der Waals surface area contributed by atoms with E-state index in [1.165, 1.54) is 0 Å². The van der Waals surface area contributed by atoms with Crippen LogP contribution in [0.3, 0.4) is 0 Å². The van der Waals surface area contributed by atoms with E-state index in [1.54, 1.807) is 31.4 Å². The van der Waals surface area contributed by atoms with Gasteiger partial charge in [0.25, 0.3) is 5.91 Å². The zero-order chi connectivity index (χ0) is 15.9. The van der Waals surface area contributed by atoms with Crippen molar-refractivity contribution in [3.8, 4) is 11.8 Å². The first kappa shape index (κ1) is 15.6. The van der Waals surface area contributed by atoms with E-state index in [0.29, 0.717) is 11.1 Å². The summed E-state index contributed by atoms with van der Waals surface area (Å²) in [4.78, 5) is 12.3. The number of hydrogen-bond acceptors (Lipinski definition) is 3. The maximum absolute atomic E-state index is 12.3. The number of ether oxygens (including phenoxy) is 1. The predicted molar refractivity (Wildman–Crippen MR) is 84.6 cm³/mol. The topological polar surface area (TPSA) is 62.1 Å². The molecule has 0 radical (unpaired) electrons. The SMILES string of the molecule is CC[C@H](NC(=O)c1ccc(C#N)cc1)c1ccc(OC)cc1. The second-order valence-corrected chi connectivity index (χ2v) is 4.90. The van der Waals surface area contributed by atoms with E-state index < -0.39 is 0 Å². The third kappa shape index (κ3) is 3.64. The number of carbonyl (C=O) groups is 1. The fourth-order valence-corrected chi connectivity index (χ4v) is 2.20. The number of carbonyl (C=O) groups excluding carboxylic acids is 1. The smallest absolute Gasteiger partial charge is 0.251 e. The monoisotopic (exact) mass is 294 g/mol. The zero-order valence-corrected chi connectivity index (χ0v) is 12.7. The molecule has 0 fully saturated rings. The molecule has 0 aromatic heterocycles. The minimum Gasteiger partial charge on any atom is -0.497 e. The average Bonchev–Trinajstić information content (AvgIpc) is 2.59. The van der Waals surface area contributed by atoms with Crippen LogP contribution in [-0.4, -0.2) is 13.0 Å². The lowest BCUT2D eigenvalue weighted by Crippen LogP contribution is -2.28. The Hall–Kier alpha value is -2.80. The largest absolute Gasteiger partial charge is 0.497 e. The summed E-state index contributed by atoms with van der Waals surface area (Å²) in [5.74, 6) is 0.643. The van der Waals surface area contributed by atoms with Crippen molar-refractivity contribution in [1.29, 1.82) is 5.26 Å². The Balaban J connectivity index is 2.11. The molecule has 0 spiro atoms. The van der Waals surface area contributed by atoms with E-state index >= 15 is 0 Å². The maximum Gasteiger partial charge on any atom is 0.251 e. The van der Waals surface area contributed by atoms with Gasteiger partial charge in [0.2, 0.25) is 0 Å². The summed E-state index contributed by atoms with van der Waals surface area (Å²) in [7, 11) is 1.62. The third-order valence-electron chi connectivity index (χ3n) is 3.51. The predicted octanol–water partition coefficient (Wildman–Crippen LogP) is 3.45. The van der Waals surface area contributed by atoms with E-state index in [0.717, 1.165) is 17.7 Å². The van der Waals surface area contributed by atoms with Crippen molar-refractivity contribution in [3.05, 3.63) is 65.2 Å². The number of amides is 1. The van der Waals surface area contributed by atoms with Crippen LogP contribution in [0.5, 0.6) is 5.75 Å². The van der Waals surface area contributed by atoms with Crippen LogP contribution in [0.4, 0.5) is 0 Å². The summed E-state index contributed by atoms with van der Waals surface area (Å²) in [5.41, 5.74) is 2.12. The van der Waals surface area contributed by atoms with Crippen LogP contribution in [-0.2, 0) is 0 Å². The minimum atomic E-state index is -0.146. The van der Waals surface area contributed by atoms with Gasteiger partial charge in [0, 0.05) is 5.56 Å². The highest BCUT2D eigenvalue weighted by molar-refractivity contribution is 5.94. The van der Waals surface area contributed by atoms with Gasteiger partial charge in [0.15, 0.2) is 0 Å². The molecule has 0 aliphatic carbocycles. The van der Waals surface area contributed by atoms with Crippen molar-refractivity contribution >= 4 is 5.91 Å². The van der Waals surface area contributed by atoms with Gasteiger partial charge in [-0.25, -0.2) is 0 Å². The molecule has 0 heterocycles. The molecule has 0 aliphatic rings. The molecule has 2 aromatic rings. The first-order valence-corrected chi connectivity index (χ1v) is 7.13. The van der Waals surface area contributed by atoms with Crippen molar-refractivity contribution < 1.29 is 9.53 Å². The highest BCUT2D eigenvalue weighted by Gasteiger charge is 2.14. The summed E-state index contributed by atoms with van der Waals surface area (Å²) >= 11 is 0. The highest BCUT2D eigenvalue weighted by Crippen LogP contribution is 2.20. The van der Waals surface area contributed by atoms with E-state index in [4.69, 9.17) is 10.00 Å². The van der Waals surface area contributed by atoms with Gasteiger partial charge in [-0.05, 0) is 48.4 Å². The summed E-state index contributed by atoms with van der Waals surface area (Å²) < 4.78 is 5.14. The summed E-state index contributed by atoms with van der Waals surface area (Å²) in [6, 6.07) is 16.2. The second kappa shape index (κ2) is 7.28. The van der Waals surface area contributed by atoms with Gasteiger partial charge < -0.3 is 10.1 Å². The van der Waals surface area contributed by atoms with Crippen LogP contribution >= 0.6 is 0 Å². The molecule has 4 nitrogen and oxygen atoms in total. The quantitative estimate of drug-likeness (QED) is 0.918. The van der Waals surface area contributed by atoms with Crippen molar-refractivity contribution in [2.45, 2.75) is 19.4 Å². The molecule has 2 rings (SSSR count). The molecule has 1 N–H and O–H groups in total. The molecule has 0 unspecified atom stereocenters. The van der Waals surface area contributed by atoms with Gasteiger partial charge >= 0.3 is 0 Å².